The normalized spacial score (nSPS) is 11.2. The maximum absolute atomic E-state index is 13.4. The molecule has 0 saturated carbocycles. The Balaban J connectivity index is 1.91. The van der Waals surface area contributed by atoms with E-state index in [4.69, 9.17) is 5.26 Å². The monoisotopic (exact) mass is 410 g/mol. The molecule has 150 valence electrons. The minimum absolute atomic E-state index is 0.00120. The van der Waals surface area contributed by atoms with E-state index in [0.29, 0.717) is 0 Å². The number of hydrogen-bond acceptors (Lipinski definition) is 6. The van der Waals surface area contributed by atoms with Gasteiger partial charge in [0.1, 0.15) is 19.1 Å². The third-order valence-electron chi connectivity index (χ3n) is 3.77. The molecule has 1 N–H and O–H groups in total. The predicted molar refractivity (Wildman–Crippen MR) is 89.9 cm³/mol. The van der Waals surface area contributed by atoms with Crippen molar-refractivity contribution in [3.05, 3.63) is 53.1 Å². The molecule has 29 heavy (non-hydrogen) atoms. The molecule has 2 aromatic carbocycles. The summed E-state index contributed by atoms with van der Waals surface area (Å²) in [7, 11) is 0. The van der Waals surface area contributed by atoms with Crippen LogP contribution in [0.5, 0.6) is 5.75 Å². The zero-order chi connectivity index (χ0) is 21.0. The molecule has 0 bridgehead atoms. The molecule has 0 saturated heterocycles. The molecule has 3 rings (SSSR count). The van der Waals surface area contributed by atoms with Crippen molar-refractivity contribution in [2.75, 3.05) is 5.32 Å². The van der Waals surface area contributed by atoms with Crippen molar-refractivity contribution in [1.29, 1.82) is 5.26 Å². The first-order valence-electron chi connectivity index (χ1n) is 7.94. The summed E-state index contributed by atoms with van der Waals surface area (Å²) in [6.07, 6.45) is -4.82. The lowest BCUT2D eigenvalue weighted by atomic mass is 10.0. The fourth-order valence-electron chi connectivity index (χ4n) is 2.48. The van der Waals surface area contributed by atoms with Crippen LogP contribution in [0, 0.1) is 11.3 Å². The van der Waals surface area contributed by atoms with E-state index in [2.05, 4.69) is 25.6 Å². The molecule has 0 aliphatic carbocycles. The van der Waals surface area contributed by atoms with Gasteiger partial charge in [0.15, 0.2) is 0 Å². The first kappa shape index (κ1) is 20.0. The molecule has 0 aliphatic heterocycles. The van der Waals surface area contributed by atoms with Gasteiger partial charge in [-0.05, 0) is 46.8 Å². The van der Waals surface area contributed by atoms with Gasteiger partial charge in [-0.3, -0.25) is 0 Å². The highest BCUT2D eigenvalue weighted by Crippen LogP contribution is 2.27. The van der Waals surface area contributed by atoms with Crippen molar-refractivity contribution >= 4 is 11.6 Å². The summed E-state index contributed by atoms with van der Waals surface area (Å²) >= 11 is 0. The SMILES string of the molecule is N#Cc1cc(CF)c(Nc2nnnn2-c2ccc(OC(F)(F)F)cc2)cc1CF. The Morgan fingerprint density at radius 2 is 1.76 bits per heavy atom. The van der Waals surface area contributed by atoms with E-state index in [1.807, 2.05) is 0 Å². The van der Waals surface area contributed by atoms with Gasteiger partial charge in [-0.2, -0.15) is 9.94 Å². The van der Waals surface area contributed by atoms with Crippen molar-refractivity contribution in [1.82, 2.24) is 20.2 Å². The van der Waals surface area contributed by atoms with Gasteiger partial charge in [-0.1, -0.05) is 5.10 Å². The van der Waals surface area contributed by atoms with E-state index in [1.54, 1.807) is 6.07 Å². The number of hydrogen-bond donors (Lipinski definition) is 1. The number of rotatable bonds is 6. The van der Waals surface area contributed by atoms with Crippen LogP contribution in [-0.2, 0) is 13.3 Å². The summed E-state index contributed by atoms with van der Waals surface area (Å²) in [6, 6.07) is 8.99. The van der Waals surface area contributed by atoms with Gasteiger partial charge < -0.3 is 10.1 Å². The zero-order valence-corrected chi connectivity index (χ0v) is 14.4. The summed E-state index contributed by atoms with van der Waals surface area (Å²) in [6.45, 7) is -1.87. The van der Waals surface area contributed by atoms with Crippen LogP contribution in [0.3, 0.4) is 0 Å². The first-order chi connectivity index (χ1) is 13.8. The molecule has 0 atom stereocenters. The van der Waals surface area contributed by atoms with E-state index >= 15 is 0 Å². The number of anilines is 2. The molecule has 0 spiro atoms. The minimum atomic E-state index is -4.82. The van der Waals surface area contributed by atoms with Gasteiger partial charge >= 0.3 is 6.36 Å². The van der Waals surface area contributed by atoms with Crippen molar-refractivity contribution < 1.29 is 26.7 Å². The lowest BCUT2D eigenvalue weighted by molar-refractivity contribution is -0.274. The number of nitriles is 1. The largest absolute Gasteiger partial charge is 0.573 e. The van der Waals surface area contributed by atoms with Crippen LogP contribution in [0.15, 0.2) is 36.4 Å². The van der Waals surface area contributed by atoms with Crippen molar-refractivity contribution in [2.45, 2.75) is 19.7 Å². The van der Waals surface area contributed by atoms with Crippen LogP contribution < -0.4 is 10.1 Å². The Bertz CT molecular complexity index is 1040. The number of halogens is 5. The molecular weight excluding hydrogens is 399 g/mol. The molecular formula is C17H11F5N6O. The molecule has 1 aromatic heterocycles. The fraction of sp³-hybridized carbons (Fsp3) is 0.176. The molecule has 0 amide bonds. The number of ether oxygens (including phenoxy) is 1. The number of nitrogens with zero attached hydrogens (tertiary/aromatic N) is 5. The van der Waals surface area contributed by atoms with E-state index in [-0.39, 0.29) is 34.0 Å². The molecule has 0 radical (unpaired) electrons. The summed E-state index contributed by atoms with van der Waals surface area (Å²) in [4.78, 5) is 0. The summed E-state index contributed by atoms with van der Waals surface area (Å²) in [5.74, 6) is -0.429. The van der Waals surface area contributed by atoms with E-state index in [9.17, 15) is 22.0 Å². The fourth-order valence-corrected chi connectivity index (χ4v) is 2.48. The smallest absolute Gasteiger partial charge is 0.406 e. The number of tetrazole rings is 1. The number of nitrogens with one attached hydrogen (secondary N) is 1. The predicted octanol–water partition coefficient (Wildman–Crippen LogP) is 4.12. The van der Waals surface area contributed by atoms with Crippen molar-refractivity contribution in [3.8, 4) is 17.5 Å². The molecule has 0 unspecified atom stereocenters. The highest BCUT2D eigenvalue weighted by Gasteiger charge is 2.31. The first-order valence-corrected chi connectivity index (χ1v) is 7.94. The van der Waals surface area contributed by atoms with E-state index < -0.39 is 25.5 Å². The van der Waals surface area contributed by atoms with Crippen LogP contribution in [0.4, 0.5) is 33.6 Å². The standard InChI is InChI=1S/C17H11F5N6O/c18-7-10-6-15(11(8-19)5-12(10)9-23)24-16-25-26-27-28(16)13-1-3-14(4-2-13)29-17(20,21)22/h1-6H,7-8H2,(H,24,25,27). The average molecular weight is 410 g/mol. The Morgan fingerprint density at radius 3 is 2.34 bits per heavy atom. The minimum Gasteiger partial charge on any atom is -0.406 e. The lowest BCUT2D eigenvalue weighted by Gasteiger charge is -2.13. The Hall–Kier alpha value is -3.75. The van der Waals surface area contributed by atoms with Gasteiger partial charge in [0.05, 0.1) is 17.3 Å². The molecule has 1 heterocycles. The Morgan fingerprint density at radius 1 is 1.07 bits per heavy atom. The average Bonchev–Trinajstić information content (AvgIpc) is 3.15. The molecule has 0 aliphatic rings. The third kappa shape index (κ3) is 4.57. The third-order valence-corrected chi connectivity index (χ3v) is 3.77. The number of aromatic nitrogens is 4. The van der Waals surface area contributed by atoms with Crippen LogP contribution in [0.1, 0.15) is 16.7 Å². The summed E-state index contributed by atoms with van der Waals surface area (Å²) < 4.78 is 68.2. The Labute approximate surface area is 160 Å². The van der Waals surface area contributed by atoms with Crippen molar-refractivity contribution in [2.24, 2.45) is 0 Å². The van der Waals surface area contributed by atoms with Crippen LogP contribution >= 0.6 is 0 Å². The molecule has 7 nitrogen and oxygen atoms in total. The number of benzene rings is 2. The van der Waals surface area contributed by atoms with Gasteiger partial charge in [-0.25, -0.2) is 8.78 Å². The topological polar surface area (TPSA) is 88.7 Å². The molecule has 3 aromatic rings. The van der Waals surface area contributed by atoms with E-state index in [0.717, 1.165) is 16.8 Å². The second kappa shape index (κ2) is 8.09. The summed E-state index contributed by atoms with van der Waals surface area (Å²) in [5.41, 5.74) is 0.577. The van der Waals surface area contributed by atoms with Gasteiger partial charge in [0.25, 0.3) is 5.95 Å². The maximum Gasteiger partial charge on any atom is 0.573 e. The van der Waals surface area contributed by atoms with Crippen LogP contribution in [0.25, 0.3) is 5.69 Å². The van der Waals surface area contributed by atoms with Crippen LogP contribution in [0.2, 0.25) is 0 Å². The quantitative estimate of drug-likeness (QED) is 0.615. The summed E-state index contributed by atoms with van der Waals surface area (Å²) in [5, 5.41) is 22.7. The second-order valence-corrected chi connectivity index (χ2v) is 5.63. The maximum atomic E-state index is 13.4. The lowest BCUT2D eigenvalue weighted by Crippen LogP contribution is -2.17. The van der Waals surface area contributed by atoms with Gasteiger partial charge in [0, 0.05) is 16.8 Å². The van der Waals surface area contributed by atoms with Crippen molar-refractivity contribution in [3.63, 3.8) is 0 Å². The molecule has 12 heteroatoms. The number of alkyl halides is 5. The second-order valence-electron chi connectivity index (χ2n) is 5.63. The van der Waals surface area contributed by atoms with E-state index in [1.165, 1.54) is 24.3 Å². The van der Waals surface area contributed by atoms with Gasteiger partial charge in [-0.15, -0.1) is 13.2 Å². The highest BCUT2D eigenvalue weighted by molar-refractivity contribution is 5.63. The molecule has 0 fully saturated rings. The zero-order valence-electron chi connectivity index (χ0n) is 14.4. The highest BCUT2D eigenvalue weighted by atomic mass is 19.4. The van der Waals surface area contributed by atoms with Gasteiger partial charge in [0.2, 0.25) is 0 Å². The van der Waals surface area contributed by atoms with Crippen LogP contribution in [-0.4, -0.2) is 26.6 Å². The Kier molecular flexibility index (Phi) is 5.58.